The van der Waals surface area contributed by atoms with Crippen LogP contribution in [0.4, 0.5) is 0 Å². The molecule has 1 aromatic carbocycles. The number of aliphatic hydroxyl groups excluding tert-OH is 2. The minimum atomic E-state index is -4.12. The van der Waals surface area contributed by atoms with Gasteiger partial charge in [-0.15, -0.1) is 0 Å². The van der Waals surface area contributed by atoms with Gasteiger partial charge in [0.25, 0.3) is 15.9 Å². The molecule has 0 radical (unpaired) electrons. The number of nitrogens with zero attached hydrogens (tertiary/aromatic N) is 2. The molecule has 0 bridgehead atoms. The highest BCUT2D eigenvalue weighted by molar-refractivity contribution is 7.89. The number of hydrogen-bond acceptors (Lipinski definition) is 7. The Morgan fingerprint density at radius 1 is 1.06 bits per heavy atom. The van der Waals surface area contributed by atoms with Crippen molar-refractivity contribution >= 4 is 15.9 Å². The van der Waals surface area contributed by atoms with E-state index in [1.807, 2.05) is 30.3 Å². The smallest absolute Gasteiger partial charge is 0.276 e. The molecule has 3 atom stereocenters. The highest BCUT2D eigenvalue weighted by atomic mass is 32.2. The molecule has 0 aliphatic carbocycles. The van der Waals surface area contributed by atoms with Gasteiger partial charge in [-0.05, 0) is 50.1 Å². The SMILES string of the molecule is Cc1cccc(C(=O)N[C@@H](Cc2ccccc2)[C@H](O)CN(C[C@@H](C)O)S(=O)(=O)c2ccco2)n1. The molecule has 3 N–H and O–H groups in total. The zero-order valence-electron chi connectivity index (χ0n) is 19.0. The Hall–Kier alpha value is -3.05. The van der Waals surface area contributed by atoms with Crippen LogP contribution in [-0.2, 0) is 16.4 Å². The van der Waals surface area contributed by atoms with Gasteiger partial charge in [0, 0.05) is 18.8 Å². The van der Waals surface area contributed by atoms with Crippen LogP contribution in [0.5, 0.6) is 0 Å². The molecular weight excluding hydrogens is 458 g/mol. The predicted octanol–water partition coefficient (Wildman–Crippen LogP) is 1.76. The van der Waals surface area contributed by atoms with Crippen LogP contribution in [0, 0.1) is 6.92 Å². The molecule has 2 aromatic heterocycles. The largest absolute Gasteiger partial charge is 0.452 e. The molecule has 3 aromatic rings. The molecule has 0 fully saturated rings. The maximum atomic E-state index is 13.0. The summed E-state index contributed by atoms with van der Waals surface area (Å²) in [5.74, 6) is -0.486. The van der Waals surface area contributed by atoms with E-state index in [9.17, 15) is 23.4 Å². The minimum absolute atomic E-state index is 0.189. The third kappa shape index (κ3) is 6.73. The Balaban J connectivity index is 1.86. The lowest BCUT2D eigenvalue weighted by atomic mass is 10.0. The van der Waals surface area contributed by atoms with Crippen molar-refractivity contribution in [3.8, 4) is 0 Å². The van der Waals surface area contributed by atoms with Crippen molar-refractivity contribution in [3.05, 3.63) is 83.9 Å². The van der Waals surface area contributed by atoms with Crippen molar-refractivity contribution in [2.45, 2.75) is 43.6 Å². The lowest BCUT2D eigenvalue weighted by molar-refractivity contribution is 0.0726. The molecule has 0 spiro atoms. The first-order valence-corrected chi connectivity index (χ1v) is 12.3. The monoisotopic (exact) mass is 487 g/mol. The number of sulfonamides is 1. The summed E-state index contributed by atoms with van der Waals surface area (Å²) in [6.07, 6.45) is -0.798. The number of benzene rings is 1. The minimum Gasteiger partial charge on any atom is -0.452 e. The van der Waals surface area contributed by atoms with Crippen molar-refractivity contribution < 1.29 is 27.8 Å². The highest BCUT2D eigenvalue weighted by Crippen LogP contribution is 2.18. The first-order chi connectivity index (χ1) is 16.2. The zero-order chi connectivity index (χ0) is 24.7. The molecule has 3 rings (SSSR count). The Morgan fingerprint density at radius 2 is 1.79 bits per heavy atom. The average Bonchev–Trinajstić information content (AvgIpc) is 3.34. The van der Waals surface area contributed by atoms with E-state index < -0.39 is 34.2 Å². The van der Waals surface area contributed by atoms with Gasteiger partial charge in [-0.3, -0.25) is 4.79 Å². The van der Waals surface area contributed by atoms with E-state index in [0.717, 1.165) is 9.87 Å². The predicted molar refractivity (Wildman–Crippen MR) is 126 cm³/mol. The van der Waals surface area contributed by atoms with E-state index in [1.165, 1.54) is 25.3 Å². The van der Waals surface area contributed by atoms with E-state index in [-0.39, 0.29) is 30.3 Å². The normalized spacial score (nSPS) is 14.5. The number of hydrogen-bond donors (Lipinski definition) is 3. The molecule has 0 unspecified atom stereocenters. The summed E-state index contributed by atoms with van der Waals surface area (Å²) in [4.78, 5) is 17.1. The number of carbonyl (C=O) groups excluding carboxylic acids is 1. The van der Waals surface area contributed by atoms with Gasteiger partial charge in [0.15, 0.2) is 0 Å². The van der Waals surface area contributed by atoms with Gasteiger partial charge in [0.2, 0.25) is 5.09 Å². The van der Waals surface area contributed by atoms with Crippen LogP contribution < -0.4 is 5.32 Å². The fourth-order valence-electron chi connectivity index (χ4n) is 3.50. The van der Waals surface area contributed by atoms with E-state index in [4.69, 9.17) is 4.42 Å². The van der Waals surface area contributed by atoms with Crippen molar-refractivity contribution in [1.82, 2.24) is 14.6 Å². The molecule has 10 heteroatoms. The first-order valence-electron chi connectivity index (χ1n) is 10.8. The fraction of sp³-hybridized carbons (Fsp3) is 0.333. The lowest BCUT2D eigenvalue weighted by Crippen LogP contribution is -2.51. The maximum Gasteiger partial charge on any atom is 0.276 e. The van der Waals surface area contributed by atoms with Crippen LogP contribution in [0.2, 0.25) is 0 Å². The molecule has 34 heavy (non-hydrogen) atoms. The van der Waals surface area contributed by atoms with E-state index >= 15 is 0 Å². The van der Waals surface area contributed by atoms with Crippen LogP contribution in [-0.4, -0.2) is 65.2 Å². The topological polar surface area (TPSA) is 133 Å². The van der Waals surface area contributed by atoms with Crippen LogP contribution in [0.3, 0.4) is 0 Å². The molecule has 182 valence electrons. The van der Waals surface area contributed by atoms with Crippen molar-refractivity contribution in [2.75, 3.05) is 13.1 Å². The molecule has 0 aliphatic heterocycles. The highest BCUT2D eigenvalue weighted by Gasteiger charge is 2.33. The van der Waals surface area contributed by atoms with Crippen LogP contribution in [0.25, 0.3) is 0 Å². The number of aliphatic hydroxyl groups is 2. The Kier molecular flexibility index (Phi) is 8.56. The molecule has 1 amide bonds. The summed E-state index contributed by atoms with van der Waals surface area (Å²) >= 11 is 0. The number of carbonyl (C=O) groups is 1. The average molecular weight is 488 g/mol. The van der Waals surface area contributed by atoms with Gasteiger partial charge in [0.05, 0.1) is 24.5 Å². The number of pyridine rings is 1. The van der Waals surface area contributed by atoms with Crippen molar-refractivity contribution in [3.63, 3.8) is 0 Å². The van der Waals surface area contributed by atoms with Crippen LogP contribution in [0.1, 0.15) is 28.7 Å². The zero-order valence-corrected chi connectivity index (χ0v) is 19.9. The standard InChI is InChI=1S/C24H29N3O6S/c1-17-8-6-11-20(25-17)24(30)26-21(14-19-9-4-3-5-10-19)22(29)16-27(15-18(2)28)34(31,32)23-12-7-13-33-23/h3-13,18,21-22,28-29H,14-16H2,1-2H3,(H,26,30)/t18-,21+,22-/m1/s1. The maximum absolute atomic E-state index is 13.0. The second-order valence-electron chi connectivity index (χ2n) is 8.10. The van der Waals surface area contributed by atoms with Gasteiger partial charge in [0.1, 0.15) is 5.69 Å². The van der Waals surface area contributed by atoms with Gasteiger partial charge >= 0.3 is 0 Å². The van der Waals surface area contributed by atoms with Crippen LogP contribution in [0.15, 0.2) is 76.4 Å². The number of nitrogens with one attached hydrogen (secondary N) is 1. The molecule has 9 nitrogen and oxygen atoms in total. The Morgan fingerprint density at radius 3 is 2.41 bits per heavy atom. The van der Waals surface area contributed by atoms with Crippen LogP contribution >= 0.6 is 0 Å². The quantitative estimate of drug-likeness (QED) is 0.375. The third-order valence-corrected chi connectivity index (χ3v) is 6.87. The third-order valence-electron chi connectivity index (χ3n) is 5.15. The van der Waals surface area contributed by atoms with Crippen molar-refractivity contribution in [1.29, 1.82) is 0 Å². The number of amides is 1. The number of aryl methyl sites for hydroxylation is 1. The van der Waals surface area contributed by atoms with Gasteiger partial charge in [-0.2, -0.15) is 4.31 Å². The molecule has 0 aliphatic rings. The molecule has 0 saturated carbocycles. The van der Waals surface area contributed by atoms with Gasteiger partial charge in [-0.25, -0.2) is 13.4 Å². The Labute approximate surface area is 199 Å². The fourth-order valence-corrected chi connectivity index (χ4v) is 4.95. The first kappa shape index (κ1) is 25.6. The lowest BCUT2D eigenvalue weighted by Gasteiger charge is -2.29. The summed E-state index contributed by atoms with van der Waals surface area (Å²) in [7, 11) is -4.12. The van der Waals surface area contributed by atoms with Crippen molar-refractivity contribution in [2.24, 2.45) is 0 Å². The van der Waals surface area contributed by atoms with E-state index in [0.29, 0.717) is 5.69 Å². The molecule has 2 heterocycles. The summed E-state index contributed by atoms with van der Waals surface area (Å²) in [5.41, 5.74) is 1.70. The second kappa shape index (κ2) is 11.4. The Bertz CT molecular complexity index is 1170. The summed E-state index contributed by atoms with van der Waals surface area (Å²) in [5, 5.41) is 23.5. The number of aromatic nitrogens is 1. The second-order valence-corrected chi connectivity index (χ2v) is 9.97. The van der Waals surface area contributed by atoms with E-state index in [2.05, 4.69) is 10.3 Å². The summed E-state index contributed by atoms with van der Waals surface area (Å²) in [6, 6.07) is 16.2. The number of rotatable bonds is 11. The van der Waals surface area contributed by atoms with Gasteiger partial charge in [-0.1, -0.05) is 36.4 Å². The van der Waals surface area contributed by atoms with Gasteiger partial charge < -0.3 is 19.9 Å². The summed E-state index contributed by atoms with van der Waals surface area (Å²) in [6.45, 7) is 2.59. The summed E-state index contributed by atoms with van der Waals surface area (Å²) < 4.78 is 32.1. The van der Waals surface area contributed by atoms with E-state index in [1.54, 1.807) is 25.1 Å². The molecular formula is C24H29N3O6S. The number of furan rings is 1. The molecule has 0 saturated heterocycles.